The number of hydrogen-bond acceptors (Lipinski definition) is 2. The second-order valence-electron chi connectivity index (χ2n) is 6.14. The summed E-state index contributed by atoms with van der Waals surface area (Å²) in [5.41, 5.74) is 2.90. The van der Waals surface area contributed by atoms with Gasteiger partial charge in [0.1, 0.15) is 6.61 Å². The van der Waals surface area contributed by atoms with Crippen LogP contribution in [0.5, 0.6) is 0 Å². The fourth-order valence-corrected chi connectivity index (χ4v) is 3.29. The van der Waals surface area contributed by atoms with Crippen LogP contribution in [-0.2, 0) is 6.54 Å². The first-order chi connectivity index (χ1) is 10.2. The minimum atomic E-state index is -0.0769. The fourth-order valence-electron chi connectivity index (χ4n) is 3.29. The van der Waals surface area contributed by atoms with E-state index in [0.717, 1.165) is 12.1 Å². The number of hydrogen-bond donors (Lipinski definition) is 1. The van der Waals surface area contributed by atoms with Gasteiger partial charge >= 0.3 is 0 Å². The van der Waals surface area contributed by atoms with Crippen molar-refractivity contribution in [3.8, 4) is 11.8 Å². The Bertz CT molecular complexity index is 498. The van der Waals surface area contributed by atoms with E-state index in [1.807, 2.05) is 6.07 Å². The first-order valence-corrected chi connectivity index (χ1v) is 8.12. The summed E-state index contributed by atoms with van der Waals surface area (Å²) >= 11 is 0. The first-order valence-electron chi connectivity index (χ1n) is 8.12. The lowest BCUT2D eigenvalue weighted by molar-refractivity contribution is 0.0909. The Labute approximate surface area is 129 Å². The third kappa shape index (κ3) is 4.33. The summed E-state index contributed by atoms with van der Waals surface area (Å²) in [5.74, 6) is 5.70. The predicted octanol–water partition coefficient (Wildman–Crippen LogP) is 3.43. The van der Waals surface area contributed by atoms with Crippen LogP contribution in [0.25, 0.3) is 0 Å². The van der Waals surface area contributed by atoms with Gasteiger partial charge in [0.25, 0.3) is 0 Å². The highest BCUT2D eigenvalue weighted by molar-refractivity contribution is 5.37. The van der Waals surface area contributed by atoms with Crippen molar-refractivity contribution < 1.29 is 5.11 Å². The lowest BCUT2D eigenvalue weighted by Gasteiger charge is -2.41. The molecular weight excluding hydrogens is 258 g/mol. The normalized spacial score (nSPS) is 18.0. The number of rotatable bonds is 4. The van der Waals surface area contributed by atoms with E-state index < -0.39 is 0 Å². The van der Waals surface area contributed by atoms with Gasteiger partial charge in [-0.2, -0.15) is 0 Å². The van der Waals surface area contributed by atoms with Crippen molar-refractivity contribution in [2.45, 2.75) is 46.1 Å². The van der Waals surface area contributed by atoms with E-state index in [9.17, 15) is 0 Å². The molecular formula is C19H27NO. The summed E-state index contributed by atoms with van der Waals surface area (Å²) in [6.45, 7) is 8.01. The van der Waals surface area contributed by atoms with Crippen LogP contribution < -0.4 is 0 Å². The maximum absolute atomic E-state index is 8.77. The molecule has 0 bridgehead atoms. The molecule has 0 radical (unpaired) electrons. The molecule has 1 aromatic rings. The quantitative estimate of drug-likeness (QED) is 0.857. The van der Waals surface area contributed by atoms with Crippen molar-refractivity contribution >= 4 is 0 Å². The summed E-state index contributed by atoms with van der Waals surface area (Å²) in [5, 5.41) is 8.77. The van der Waals surface area contributed by atoms with Gasteiger partial charge in [0.2, 0.25) is 0 Å². The molecule has 0 spiro atoms. The molecule has 2 heteroatoms. The van der Waals surface area contributed by atoms with Crippen LogP contribution in [-0.4, -0.2) is 29.7 Å². The average Bonchev–Trinajstić information content (AvgIpc) is 2.54. The van der Waals surface area contributed by atoms with Crippen molar-refractivity contribution in [3.05, 3.63) is 35.4 Å². The zero-order valence-electron chi connectivity index (χ0n) is 13.4. The summed E-state index contributed by atoms with van der Waals surface area (Å²) in [4.78, 5) is 2.56. The van der Waals surface area contributed by atoms with Gasteiger partial charge in [-0.05, 0) is 49.0 Å². The zero-order chi connectivity index (χ0) is 15.1. The molecule has 1 saturated heterocycles. The van der Waals surface area contributed by atoms with Crippen molar-refractivity contribution in [2.75, 3.05) is 19.7 Å². The Hall–Kier alpha value is -1.30. The van der Waals surface area contributed by atoms with Crippen LogP contribution in [0.15, 0.2) is 24.3 Å². The van der Waals surface area contributed by atoms with E-state index in [1.165, 1.54) is 44.3 Å². The Morgan fingerprint density at radius 2 is 1.90 bits per heavy atom. The van der Waals surface area contributed by atoms with Crippen LogP contribution in [0.1, 0.15) is 50.7 Å². The molecule has 1 aliphatic rings. The molecule has 1 aromatic carbocycles. The molecule has 0 aliphatic carbocycles. The number of aliphatic hydroxyl groups excluding tert-OH is 1. The van der Waals surface area contributed by atoms with Crippen LogP contribution in [0.3, 0.4) is 0 Å². The van der Waals surface area contributed by atoms with Crippen LogP contribution >= 0.6 is 0 Å². The second kappa shape index (κ2) is 7.64. The number of benzene rings is 1. The van der Waals surface area contributed by atoms with Gasteiger partial charge in [0.15, 0.2) is 0 Å². The number of aliphatic hydroxyl groups is 1. The molecule has 1 fully saturated rings. The van der Waals surface area contributed by atoms with Crippen molar-refractivity contribution in [1.29, 1.82) is 0 Å². The minimum absolute atomic E-state index is 0.0769. The Kier molecular flexibility index (Phi) is 5.85. The molecule has 1 aliphatic heterocycles. The summed E-state index contributed by atoms with van der Waals surface area (Å²) in [7, 11) is 0. The molecule has 0 atom stereocenters. The topological polar surface area (TPSA) is 23.5 Å². The molecule has 114 valence electrons. The van der Waals surface area contributed by atoms with Gasteiger partial charge in [-0.3, -0.25) is 4.90 Å². The number of likely N-dealkylation sites (tertiary alicyclic amines) is 1. The van der Waals surface area contributed by atoms with E-state index in [0.29, 0.717) is 5.41 Å². The molecule has 21 heavy (non-hydrogen) atoms. The van der Waals surface area contributed by atoms with E-state index in [1.54, 1.807) is 0 Å². The van der Waals surface area contributed by atoms with Gasteiger partial charge < -0.3 is 5.11 Å². The van der Waals surface area contributed by atoms with E-state index in [-0.39, 0.29) is 6.61 Å². The van der Waals surface area contributed by atoms with Crippen LogP contribution in [0, 0.1) is 17.3 Å². The maximum atomic E-state index is 8.77. The molecule has 0 amide bonds. The molecule has 2 nitrogen and oxygen atoms in total. The Morgan fingerprint density at radius 1 is 1.19 bits per heavy atom. The van der Waals surface area contributed by atoms with Crippen molar-refractivity contribution in [3.63, 3.8) is 0 Å². The molecule has 0 unspecified atom stereocenters. The third-order valence-corrected chi connectivity index (χ3v) is 5.06. The Morgan fingerprint density at radius 3 is 2.52 bits per heavy atom. The first kappa shape index (κ1) is 16.1. The zero-order valence-corrected chi connectivity index (χ0v) is 13.4. The molecule has 2 rings (SSSR count). The highest BCUT2D eigenvalue weighted by atomic mass is 16.2. The maximum Gasteiger partial charge on any atom is 0.104 e. The SMILES string of the molecule is CCC1(CC)CCN(Cc2cccc(C#CCO)c2)CC1. The molecule has 0 aromatic heterocycles. The standard InChI is InChI=1S/C19H27NO/c1-3-19(4-2)10-12-20(13-11-19)16-18-8-5-7-17(15-18)9-6-14-21/h5,7-8,15,21H,3-4,10-14,16H2,1-2H3. The van der Waals surface area contributed by atoms with Crippen molar-refractivity contribution in [2.24, 2.45) is 5.41 Å². The van der Waals surface area contributed by atoms with Gasteiger partial charge in [0, 0.05) is 12.1 Å². The number of nitrogens with zero attached hydrogens (tertiary/aromatic N) is 1. The van der Waals surface area contributed by atoms with Crippen LogP contribution in [0.2, 0.25) is 0 Å². The number of piperidine rings is 1. The van der Waals surface area contributed by atoms with Gasteiger partial charge in [-0.25, -0.2) is 0 Å². The fraction of sp³-hybridized carbons (Fsp3) is 0.579. The highest BCUT2D eigenvalue weighted by Gasteiger charge is 2.30. The van der Waals surface area contributed by atoms with Crippen LogP contribution in [0.4, 0.5) is 0 Å². The van der Waals surface area contributed by atoms with E-state index in [2.05, 4.69) is 48.8 Å². The molecule has 1 heterocycles. The summed E-state index contributed by atoms with van der Waals surface area (Å²) in [6, 6.07) is 8.38. The highest BCUT2D eigenvalue weighted by Crippen LogP contribution is 2.38. The summed E-state index contributed by atoms with van der Waals surface area (Å²) in [6.07, 6.45) is 5.27. The summed E-state index contributed by atoms with van der Waals surface area (Å²) < 4.78 is 0. The van der Waals surface area contributed by atoms with E-state index >= 15 is 0 Å². The van der Waals surface area contributed by atoms with Crippen molar-refractivity contribution in [1.82, 2.24) is 4.90 Å². The Balaban J connectivity index is 1.94. The van der Waals surface area contributed by atoms with Gasteiger partial charge in [-0.15, -0.1) is 0 Å². The second-order valence-corrected chi connectivity index (χ2v) is 6.14. The predicted molar refractivity (Wildman–Crippen MR) is 87.9 cm³/mol. The minimum Gasteiger partial charge on any atom is -0.384 e. The van der Waals surface area contributed by atoms with Gasteiger partial charge in [0.05, 0.1) is 0 Å². The smallest absolute Gasteiger partial charge is 0.104 e. The lowest BCUT2D eigenvalue weighted by Crippen LogP contribution is -2.39. The lowest BCUT2D eigenvalue weighted by atomic mass is 9.74. The van der Waals surface area contributed by atoms with Gasteiger partial charge in [-0.1, -0.05) is 50.7 Å². The van der Waals surface area contributed by atoms with E-state index in [4.69, 9.17) is 5.11 Å². The average molecular weight is 285 g/mol. The monoisotopic (exact) mass is 285 g/mol. The molecule has 0 saturated carbocycles. The molecule has 1 N–H and O–H groups in total. The third-order valence-electron chi connectivity index (χ3n) is 5.06. The largest absolute Gasteiger partial charge is 0.384 e.